The van der Waals surface area contributed by atoms with E-state index in [1.165, 1.54) is 5.56 Å². The number of amides is 1. The van der Waals surface area contributed by atoms with Gasteiger partial charge >= 0.3 is 0 Å². The first-order valence-electron chi connectivity index (χ1n) is 8.37. The van der Waals surface area contributed by atoms with Crippen LogP contribution in [0.25, 0.3) is 0 Å². The molecule has 0 aromatic heterocycles. The zero-order valence-corrected chi connectivity index (χ0v) is 14.1. The molecule has 0 bridgehead atoms. The fourth-order valence-electron chi connectivity index (χ4n) is 2.49. The Morgan fingerprint density at radius 1 is 1.04 bits per heavy atom. The summed E-state index contributed by atoms with van der Waals surface area (Å²) in [7, 11) is 0. The summed E-state index contributed by atoms with van der Waals surface area (Å²) in [4.78, 5) is 14.0. The Hall–Kier alpha value is -2.33. The van der Waals surface area contributed by atoms with Gasteiger partial charge in [-0.2, -0.15) is 0 Å². The Bertz CT molecular complexity index is 611. The van der Waals surface area contributed by atoms with Crippen LogP contribution in [0.1, 0.15) is 24.5 Å². The summed E-state index contributed by atoms with van der Waals surface area (Å²) < 4.78 is 5.59. The second kappa shape index (κ2) is 9.73. The van der Waals surface area contributed by atoms with Gasteiger partial charge in [0.05, 0.1) is 6.61 Å². The van der Waals surface area contributed by atoms with Gasteiger partial charge in [0.25, 0.3) is 5.91 Å². The van der Waals surface area contributed by atoms with Crippen LogP contribution in [-0.4, -0.2) is 35.7 Å². The van der Waals surface area contributed by atoms with Gasteiger partial charge in [0.15, 0.2) is 6.61 Å². The molecular weight excluding hydrogens is 302 g/mol. The Morgan fingerprint density at radius 2 is 1.75 bits per heavy atom. The van der Waals surface area contributed by atoms with Gasteiger partial charge in [-0.25, -0.2) is 0 Å². The smallest absolute Gasteiger partial charge is 0.260 e. The number of benzene rings is 2. The lowest BCUT2D eigenvalue weighted by Crippen LogP contribution is -2.36. The van der Waals surface area contributed by atoms with Gasteiger partial charge < -0.3 is 14.7 Å². The number of aliphatic hydroxyl groups excluding tert-OH is 1. The van der Waals surface area contributed by atoms with E-state index in [-0.39, 0.29) is 19.1 Å². The molecule has 0 fully saturated rings. The van der Waals surface area contributed by atoms with E-state index < -0.39 is 0 Å². The van der Waals surface area contributed by atoms with Crippen molar-refractivity contribution in [1.29, 1.82) is 0 Å². The van der Waals surface area contributed by atoms with E-state index in [0.29, 0.717) is 18.8 Å². The third kappa shape index (κ3) is 5.70. The molecule has 0 saturated carbocycles. The summed E-state index contributed by atoms with van der Waals surface area (Å²) in [5, 5.41) is 9.20. The fourth-order valence-corrected chi connectivity index (χ4v) is 2.49. The minimum Gasteiger partial charge on any atom is -0.484 e. The van der Waals surface area contributed by atoms with Crippen LogP contribution in [0.2, 0.25) is 0 Å². The van der Waals surface area contributed by atoms with Gasteiger partial charge in [-0.3, -0.25) is 4.79 Å². The molecule has 0 aliphatic heterocycles. The average Bonchev–Trinajstić information content (AvgIpc) is 2.62. The first-order chi connectivity index (χ1) is 11.7. The molecule has 4 heteroatoms. The molecule has 0 radical (unpaired) electrons. The summed E-state index contributed by atoms with van der Waals surface area (Å²) in [5.74, 6) is 0.553. The second-order valence-corrected chi connectivity index (χ2v) is 5.71. The van der Waals surface area contributed by atoms with Gasteiger partial charge in [-0.15, -0.1) is 0 Å². The summed E-state index contributed by atoms with van der Waals surface area (Å²) in [6, 6.07) is 17.6. The SMILES string of the molecule is CCCc1ccc(OCC(=O)N(CCO)Cc2ccccc2)cc1. The minimum atomic E-state index is -0.134. The van der Waals surface area contributed by atoms with Crippen LogP contribution in [0.15, 0.2) is 54.6 Å². The monoisotopic (exact) mass is 327 g/mol. The molecule has 4 nitrogen and oxygen atoms in total. The Labute approximate surface area is 143 Å². The van der Waals surface area contributed by atoms with Gasteiger partial charge in [0.2, 0.25) is 0 Å². The predicted octanol–water partition coefficient (Wildman–Crippen LogP) is 3.04. The number of ether oxygens (including phenoxy) is 1. The quantitative estimate of drug-likeness (QED) is 0.770. The molecule has 1 amide bonds. The molecule has 128 valence electrons. The molecule has 0 unspecified atom stereocenters. The zero-order chi connectivity index (χ0) is 17.2. The van der Waals surface area contributed by atoms with Gasteiger partial charge in [0, 0.05) is 13.1 Å². The first-order valence-corrected chi connectivity index (χ1v) is 8.37. The maximum Gasteiger partial charge on any atom is 0.260 e. The highest BCUT2D eigenvalue weighted by molar-refractivity contribution is 5.77. The maximum atomic E-state index is 12.4. The molecular formula is C20H25NO3. The largest absolute Gasteiger partial charge is 0.484 e. The van der Waals surface area contributed by atoms with Crippen LogP contribution < -0.4 is 4.74 Å². The van der Waals surface area contributed by atoms with Crippen molar-refractivity contribution in [1.82, 2.24) is 4.90 Å². The van der Waals surface area contributed by atoms with E-state index in [2.05, 4.69) is 6.92 Å². The standard InChI is InChI=1S/C20H25NO3/c1-2-6-17-9-11-19(12-10-17)24-16-20(23)21(13-14-22)15-18-7-4-3-5-8-18/h3-5,7-12,22H,2,6,13-16H2,1H3. The molecule has 0 heterocycles. The van der Waals surface area contributed by atoms with E-state index in [1.54, 1.807) is 4.90 Å². The highest BCUT2D eigenvalue weighted by Crippen LogP contribution is 2.14. The topological polar surface area (TPSA) is 49.8 Å². The van der Waals surface area contributed by atoms with Crippen LogP contribution in [0, 0.1) is 0 Å². The number of hydrogen-bond donors (Lipinski definition) is 1. The average molecular weight is 327 g/mol. The van der Waals surface area contributed by atoms with Crippen LogP contribution in [0.4, 0.5) is 0 Å². The summed E-state index contributed by atoms with van der Waals surface area (Å²) in [6.45, 7) is 2.82. The second-order valence-electron chi connectivity index (χ2n) is 5.71. The number of carbonyl (C=O) groups is 1. The van der Waals surface area contributed by atoms with E-state index in [0.717, 1.165) is 18.4 Å². The first kappa shape index (κ1) is 18.0. The number of carbonyl (C=O) groups excluding carboxylic acids is 1. The van der Waals surface area contributed by atoms with Crippen molar-refractivity contribution in [2.75, 3.05) is 19.8 Å². The van der Waals surface area contributed by atoms with Crippen LogP contribution in [0.3, 0.4) is 0 Å². The van der Waals surface area contributed by atoms with Crippen molar-refractivity contribution in [2.24, 2.45) is 0 Å². The van der Waals surface area contributed by atoms with Crippen LogP contribution >= 0.6 is 0 Å². The molecule has 24 heavy (non-hydrogen) atoms. The Kier molecular flexibility index (Phi) is 7.30. The number of hydrogen-bond acceptors (Lipinski definition) is 3. The molecule has 2 aromatic rings. The molecule has 2 rings (SSSR count). The third-order valence-corrected chi connectivity index (χ3v) is 3.76. The molecule has 0 aliphatic carbocycles. The van der Waals surface area contributed by atoms with Crippen LogP contribution in [-0.2, 0) is 17.8 Å². The molecule has 0 aliphatic rings. The summed E-state index contributed by atoms with van der Waals surface area (Å²) in [6.07, 6.45) is 2.15. The highest BCUT2D eigenvalue weighted by Gasteiger charge is 2.14. The molecule has 0 atom stereocenters. The summed E-state index contributed by atoms with van der Waals surface area (Å²) in [5.41, 5.74) is 2.30. The molecule has 2 aromatic carbocycles. The van der Waals surface area contributed by atoms with Crippen molar-refractivity contribution in [3.63, 3.8) is 0 Å². The number of aliphatic hydroxyl groups is 1. The Balaban J connectivity index is 1.90. The van der Waals surface area contributed by atoms with E-state index >= 15 is 0 Å². The molecule has 0 saturated heterocycles. The van der Waals surface area contributed by atoms with Gasteiger partial charge in [0.1, 0.15) is 5.75 Å². The van der Waals surface area contributed by atoms with Crippen LogP contribution in [0.5, 0.6) is 5.75 Å². The number of rotatable bonds is 9. The lowest BCUT2D eigenvalue weighted by Gasteiger charge is -2.22. The normalized spacial score (nSPS) is 10.4. The lowest BCUT2D eigenvalue weighted by atomic mass is 10.1. The number of nitrogens with zero attached hydrogens (tertiary/aromatic N) is 1. The molecule has 0 spiro atoms. The van der Waals surface area contributed by atoms with Crippen molar-refractivity contribution in [3.05, 3.63) is 65.7 Å². The van der Waals surface area contributed by atoms with Gasteiger partial charge in [-0.1, -0.05) is 55.8 Å². The maximum absolute atomic E-state index is 12.4. The van der Waals surface area contributed by atoms with Crippen molar-refractivity contribution in [2.45, 2.75) is 26.3 Å². The molecule has 1 N–H and O–H groups in total. The summed E-state index contributed by atoms with van der Waals surface area (Å²) >= 11 is 0. The Morgan fingerprint density at radius 3 is 2.38 bits per heavy atom. The zero-order valence-electron chi connectivity index (χ0n) is 14.1. The highest BCUT2D eigenvalue weighted by atomic mass is 16.5. The van der Waals surface area contributed by atoms with Crippen molar-refractivity contribution in [3.8, 4) is 5.75 Å². The van der Waals surface area contributed by atoms with Crippen molar-refractivity contribution < 1.29 is 14.6 Å². The number of aryl methyl sites for hydroxylation is 1. The predicted molar refractivity (Wildman–Crippen MR) is 94.9 cm³/mol. The third-order valence-electron chi connectivity index (χ3n) is 3.76. The van der Waals surface area contributed by atoms with E-state index in [9.17, 15) is 9.90 Å². The van der Waals surface area contributed by atoms with E-state index in [4.69, 9.17) is 4.74 Å². The minimum absolute atomic E-state index is 0.0278. The van der Waals surface area contributed by atoms with Gasteiger partial charge in [-0.05, 0) is 29.7 Å². The van der Waals surface area contributed by atoms with Crippen molar-refractivity contribution >= 4 is 5.91 Å². The lowest BCUT2D eigenvalue weighted by molar-refractivity contribution is -0.134. The fraction of sp³-hybridized carbons (Fsp3) is 0.350. The van der Waals surface area contributed by atoms with E-state index in [1.807, 2.05) is 54.6 Å².